The fraction of sp³-hybridized carbons (Fsp3) is 0.429. The lowest BCUT2D eigenvalue weighted by molar-refractivity contribution is -0.138. The van der Waals surface area contributed by atoms with E-state index < -0.39 is 17.3 Å². The molecule has 3 fully saturated rings. The Bertz CT molecular complexity index is 968. The van der Waals surface area contributed by atoms with Crippen molar-refractivity contribution in [3.05, 3.63) is 35.4 Å². The number of anilines is 1. The topological polar surface area (TPSA) is 108 Å². The van der Waals surface area contributed by atoms with Crippen LogP contribution >= 0.6 is 31.9 Å². The highest BCUT2D eigenvalue weighted by Gasteiger charge is 2.66. The van der Waals surface area contributed by atoms with Crippen LogP contribution in [-0.4, -0.2) is 39.2 Å². The highest BCUT2D eigenvalue weighted by Crippen LogP contribution is 2.60. The van der Waals surface area contributed by atoms with Crippen LogP contribution in [0.3, 0.4) is 0 Å². The van der Waals surface area contributed by atoms with Gasteiger partial charge in [0.05, 0.1) is 24.1 Å². The minimum Gasteiger partial charge on any atom is -0.506 e. The van der Waals surface area contributed by atoms with E-state index in [2.05, 4.69) is 31.9 Å². The highest BCUT2D eigenvalue weighted by atomic mass is 79.9. The summed E-state index contributed by atoms with van der Waals surface area (Å²) in [7, 11) is 0. The number of nitrogens with zero attached hydrogens (tertiary/aromatic N) is 2. The second-order valence-corrected chi connectivity index (χ2v) is 9.73. The number of fused-ring (bicyclic) bond motifs is 5. The lowest BCUT2D eigenvalue weighted by Gasteiger charge is -2.28. The molecule has 7 nitrogen and oxygen atoms in total. The van der Waals surface area contributed by atoms with Crippen LogP contribution in [0, 0.1) is 35.0 Å². The number of ether oxygens (including phenoxy) is 1. The first kappa shape index (κ1) is 21.1. The monoisotopic (exact) mass is 536 g/mol. The van der Waals surface area contributed by atoms with Crippen LogP contribution in [0.1, 0.15) is 18.9 Å². The third-order valence-corrected chi connectivity index (χ3v) is 9.42. The maximum absolute atomic E-state index is 13.1. The van der Waals surface area contributed by atoms with Crippen molar-refractivity contribution in [1.82, 2.24) is 0 Å². The predicted molar refractivity (Wildman–Crippen MR) is 115 cm³/mol. The largest absolute Gasteiger partial charge is 0.506 e. The molecule has 2 aliphatic carbocycles. The van der Waals surface area contributed by atoms with Gasteiger partial charge in [0.2, 0.25) is 11.8 Å². The molecule has 156 valence electrons. The standard InChI is InChI=1S/C21H18Br2N2O5/c1-2-30-21(29)13(8-24)18(26)9-3-5-10(6-4-9)25-19(27)14-11-7-12(15(14)20(25)28)17(23)16(11)22/h3-6,11-12,14-17,26H,2,7H2,1H3/b18-13-/t11-,12-,14-,15-,16-,17+/m1/s1. The van der Waals surface area contributed by atoms with Crippen LogP contribution in [-0.2, 0) is 19.1 Å². The second kappa shape index (κ2) is 7.82. The van der Waals surface area contributed by atoms with Crippen molar-refractivity contribution in [3.8, 4) is 6.07 Å². The fourth-order valence-corrected chi connectivity index (χ4v) is 6.79. The fourth-order valence-electron chi connectivity index (χ4n) is 4.91. The highest BCUT2D eigenvalue weighted by molar-refractivity contribution is 9.12. The molecule has 0 aromatic heterocycles. The van der Waals surface area contributed by atoms with Gasteiger partial charge in [-0.05, 0) is 49.4 Å². The molecule has 3 aliphatic rings. The lowest BCUT2D eigenvalue weighted by atomic mass is 9.81. The number of nitriles is 1. The Hall–Kier alpha value is -2.18. The number of alkyl halides is 2. The first-order valence-corrected chi connectivity index (χ1v) is 11.4. The van der Waals surface area contributed by atoms with Crippen molar-refractivity contribution in [2.24, 2.45) is 23.7 Å². The molecular formula is C21H18Br2N2O5. The van der Waals surface area contributed by atoms with Gasteiger partial charge in [0.1, 0.15) is 11.8 Å². The van der Waals surface area contributed by atoms with Crippen molar-refractivity contribution >= 4 is 61.1 Å². The normalized spacial score (nSPS) is 32.7. The Labute approximate surface area is 189 Å². The summed E-state index contributed by atoms with van der Waals surface area (Å²) in [4.78, 5) is 39.5. The van der Waals surface area contributed by atoms with Crippen LogP contribution in [0.25, 0.3) is 5.76 Å². The number of aliphatic hydroxyl groups is 1. The zero-order valence-electron chi connectivity index (χ0n) is 15.9. The van der Waals surface area contributed by atoms with Gasteiger partial charge in [-0.2, -0.15) is 5.26 Å². The summed E-state index contributed by atoms with van der Waals surface area (Å²) in [5, 5.41) is 19.5. The van der Waals surface area contributed by atoms with Gasteiger partial charge < -0.3 is 9.84 Å². The molecule has 2 saturated carbocycles. The van der Waals surface area contributed by atoms with Gasteiger partial charge in [-0.1, -0.05) is 31.9 Å². The lowest BCUT2D eigenvalue weighted by Crippen LogP contribution is -2.37. The summed E-state index contributed by atoms with van der Waals surface area (Å²) in [5.74, 6) is -2.20. The van der Waals surface area contributed by atoms with Crippen molar-refractivity contribution in [2.75, 3.05) is 11.5 Å². The van der Waals surface area contributed by atoms with Crippen molar-refractivity contribution in [3.63, 3.8) is 0 Å². The summed E-state index contributed by atoms with van der Waals surface area (Å²) in [6, 6.07) is 7.63. The maximum Gasteiger partial charge on any atom is 0.352 e. The van der Waals surface area contributed by atoms with E-state index in [1.54, 1.807) is 13.0 Å². The molecule has 0 radical (unpaired) electrons. The van der Waals surface area contributed by atoms with Gasteiger partial charge in [0.25, 0.3) is 0 Å². The number of imide groups is 1. The summed E-state index contributed by atoms with van der Waals surface area (Å²) >= 11 is 7.33. The predicted octanol–water partition coefficient (Wildman–Crippen LogP) is 3.32. The molecule has 6 atom stereocenters. The minimum atomic E-state index is -0.913. The summed E-state index contributed by atoms with van der Waals surface area (Å²) < 4.78 is 4.77. The van der Waals surface area contributed by atoms with Crippen LogP contribution in [0.15, 0.2) is 29.8 Å². The van der Waals surface area contributed by atoms with E-state index in [9.17, 15) is 19.5 Å². The van der Waals surface area contributed by atoms with Crippen LogP contribution < -0.4 is 4.90 Å². The zero-order chi connectivity index (χ0) is 21.7. The SMILES string of the molecule is CCOC(=O)/C(C#N)=C(\O)c1ccc(N2C(=O)[C@@H]3[C@H]4C[C@@H]([C@@H](Br)[C@H]4Br)[C@H]3C2=O)cc1. The summed E-state index contributed by atoms with van der Waals surface area (Å²) in [5.41, 5.74) is 0.113. The second-order valence-electron chi connectivity index (χ2n) is 7.62. The van der Waals surface area contributed by atoms with Gasteiger partial charge in [0.15, 0.2) is 5.57 Å². The van der Waals surface area contributed by atoms with Crippen molar-refractivity contribution in [2.45, 2.75) is 23.0 Å². The number of aliphatic hydroxyl groups excluding tert-OH is 1. The summed E-state index contributed by atoms with van der Waals surface area (Å²) in [6.07, 6.45) is 0.856. The number of halogens is 2. The average molecular weight is 538 g/mol. The van der Waals surface area contributed by atoms with Crippen LogP contribution in [0.4, 0.5) is 5.69 Å². The molecule has 0 spiro atoms. The molecule has 1 N–H and O–H groups in total. The molecule has 1 aromatic rings. The zero-order valence-corrected chi connectivity index (χ0v) is 19.1. The van der Waals surface area contributed by atoms with E-state index in [0.717, 1.165) is 6.42 Å². The molecule has 4 rings (SSSR count). The Morgan fingerprint density at radius 3 is 2.17 bits per heavy atom. The Kier molecular flexibility index (Phi) is 5.49. The quantitative estimate of drug-likeness (QED) is 0.158. The number of hydrogen-bond donors (Lipinski definition) is 1. The summed E-state index contributed by atoms with van der Waals surface area (Å²) in [6.45, 7) is 1.67. The van der Waals surface area contributed by atoms with Gasteiger partial charge in [-0.15, -0.1) is 0 Å². The van der Waals surface area contributed by atoms with E-state index in [1.165, 1.54) is 29.2 Å². The molecule has 1 aliphatic heterocycles. The molecule has 1 heterocycles. The van der Waals surface area contributed by atoms with Crippen LogP contribution in [0.2, 0.25) is 0 Å². The van der Waals surface area contributed by atoms with Crippen LogP contribution in [0.5, 0.6) is 0 Å². The van der Waals surface area contributed by atoms with Gasteiger partial charge >= 0.3 is 5.97 Å². The Morgan fingerprint density at radius 1 is 1.17 bits per heavy atom. The van der Waals surface area contributed by atoms with E-state index in [0.29, 0.717) is 5.69 Å². The molecule has 1 aromatic carbocycles. The first-order valence-electron chi connectivity index (χ1n) is 9.58. The van der Waals surface area contributed by atoms with E-state index in [-0.39, 0.29) is 57.3 Å². The number of carbonyl (C=O) groups excluding carboxylic acids is 3. The van der Waals surface area contributed by atoms with E-state index in [4.69, 9.17) is 10.00 Å². The molecule has 30 heavy (non-hydrogen) atoms. The molecule has 1 saturated heterocycles. The van der Waals surface area contributed by atoms with Gasteiger partial charge in [-0.25, -0.2) is 4.79 Å². The number of benzene rings is 1. The number of hydrogen-bond acceptors (Lipinski definition) is 6. The third kappa shape index (κ3) is 3.00. The third-order valence-electron chi connectivity index (χ3n) is 6.21. The number of esters is 1. The number of amides is 2. The van der Waals surface area contributed by atoms with Gasteiger partial charge in [-0.3, -0.25) is 14.5 Å². The Morgan fingerprint density at radius 2 is 1.70 bits per heavy atom. The van der Waals surface area contributed by atoms with Gasteiger partial charge in [0, 0.05) is 15.2 Å². The number of carbonyl (C=O) groups is 3. The first-order chi connectivity index (χ1) is 14.3. The molecule has 9 heteroatoms. The Balaban J connectivity index is 1.61. The maximum atomic E-state index is 13.1. The van der Waals surface area contributed by atoms with Crippen molar-refractivity contribution < 1.29 is 24.2 Å². The number of rotatable bonds is 4. The van der Waals surface area contributed by atoms with E-state index >= 15 is 0 Å². The molecule has 2 amide bonds. The smallest absolute Gasteiger partial charge is 0.352 e. The minimum absolute atomic E-state index is 0.0737. The van der Waals surface area contributed by atoms with E-state index in [1.807, 2.05) is 0 Å². The molecule has 0 unspecified atom stereocenters. The molecular weight excluding hydrogens is 520 g/mol. The van der Waals surface area contributed by atoms with Crippen molar-refractivity contribution in [1.29, 1.82) is 5.26 Å². The molecule has 2 bridgehead atoms. The average Bonchev–Trinajstić information content (AvgIpc) is 3.34.